The van der Waals surface area contributed by atoms with Crippen LogP contribution in [-0.4, -0.2) is 82.0 Å². The first-order valence-corrected chi connectivity index (χ1v) is 8.10. The molecule has 0 radical (unpaired) electrons. The number of aliphatic hydroxyl groups is 5. The second-order valence-electron chi connectivity index (χ2n) is 7.10. The summed E-state index contributed by atoms with van der Waals surface area (Å²) in [6.45, 7) is 0.505. The lowest BCUT2D eigenvalue weighted by atomic mass is 9.61. The fourth-order valence-electron chi connectivity index (χ4n) is 4.58. The van der Waals surface area contributed by atoms with E-state index in [0.29, 0.717) is 30.0 Å². The van der Waals surface area contributed by atoms with E-state index in [1.807, 2.05) is 0 Å². The van der Waals surface area contributed by atoms with E-state index >= 15 is 0 Å². The van der Waals surface area contributed by atoms with Gasteiger partial charge in [-0.1, -0.05) is 6.07 Å². The molecule has 1 aliphatic carbocycles. The highest BCUT2D eigenvalue weighted by molar-refractivity contribution is 5.47. The molecular formula is C17H25NO7. The Kier molecular flexibility index (Phi) is 4.26. The van der Waals surface area contributed by atoms with Crippen molar-refractivity contribution < 1.29 is 35.0 Å². The monoisotopic (exact) mass is 355 g/mol. The molecule has 8 nitrogen and oxygen atoms in total. The molecule has 8 heteroatoms. The first kappa shape index (κ1) is 18.4. The Morgan fingerprint density at radius 1 is 1.08 bits per heavy atom. The van der Waals surface area contributed by atoms with Gasteiger partial charge in [0.2, 0.25) is 5.79 Å². The van der Waals surface area contributed by atoms with Crippen LogP contribution in [0.5, 0.6) is 11.5 Å². The van der Waals surface area contributed by atoms with Gasteiger partial charge in [0.1, 0.15) is 0 Å². The lowest BCUT2D eigenvalue weighted by Gasteiger charge is -2.54. The highest BCUT2D eigenvalue weighted by Gasteiger charge is 2.69. The van der Waals surface area contributed by atoms with Gasteiger partial charge in [-0.2, -0.15) is 0 Å². The lowest BCUT2D eigenvalue weighted by molar-refractivity contribution is -0.369. The standard InChI is InChI=1S/C17H25NO7/c1-18-7-6-15(10-4-5-11(24-2)12(8-10)25-3)9-16(20,21)14(19)17(22,23)13(15)18/h4-5,8,13-14,19-23H,6-7,9H2,1-3H3/t13?,14?,15-/m1/s1. The Morgan fingerprint density at radius 3 is 2.32 bits per heavy atom. The van der Waals surface area contributed by atoms with E-state index < -0.39 is 29.1 Å². The van der Waals surface area contributed by atoms with Crippen molar-refractivity contribution in [2.24, 2.45) is 0 Å². The third-order valence-corrected chi connectivity index (χ3v) is 5.65. The van der Waals surface area contributed by atoms with Crippen molar-refractivity contribution in [1.82, 2.24) is 4.90 Å². The van der Waals surface area contributed by atoms with E-state index in [1.165, 1.54) is 14.2 Å². The summed E-state index contributed by atoms with van der Waals surface area (Å²) in [6.07, 6.45) is -1.89. The molecule has 1 saturated heterocycles. The Labute approximate surface area is 145 Å². The fourth-order valence-corrected chi connectivity index (χ4v) is 4.58. The largest absolute Gasteiger partial charge is 0.493 e. The minimum Gasteiger partial charge on any atom is -0.493 e. The van der Waals surface area contributed by atoms with Gasteiger partial charge in [0.25, 0.3) is 0 Å². The Morgan fingerprint density at radius 2 is 1.72 bits per heavy atom. The molecule has 2 unspecified atom stereocenters. The second kappa shape index (κ2) is 5.80. The van der Waals surface area contributed by atoms with E-state index in [2.05, 4.69) is 0 Å². The van der Waals surface area contributed by atoms with E-state index in [-0.39, 0.29) is 6.42 Å². The van der Waals surface area contributed by atoms with Crippen LogP contribution in [0.15, 0.2) is 18.2 Å². The summed E-state index contributed by atoms with van der Waals surface area (Å²) in [7, 11) is 4.72. The predicted molar refractivity (Wildman–Crippen MR) is 87.2 cm³/mol. The van der Waals surface area contributed by atoms with E-state index in [0.717, 1.165) is 0 Å². The number of likely N-dealkylation sites (tertiary alicyclic amines) is 1. The van der Waals surface area contributed by atoms with Gasteiger partial charge in [0.05, 0.1) is 20.3 Å². The number of ether oxygens (including phenoxy) is 2. The molecule has 140 valence electrons. The number of methoxy groups -OCH3 is 2. The van der Waals surface area contributed by atoms with Crippen LogP contribution in [0.4, 0.5) is 0 Å². The minimum absolute atomic E-state index is 0.242. The van der Waals surface area contributed by atoms with Gasteiger partial charge in [0.15, 0.2) is 23.4 Å². The Hall–Kier alpha value is -1.42. The highest BCUT2D eigenvalue weighted by Crippen LogP contribution is 2.54. The van der Waals surface area contributed by atoms with E-state index in [9.17, 15) is 25.5 Å². The van der Waals surface area contributed by atoms with Crippen molar-refractivity contribution in [3.05, 3.63) is 23.8 Å². The maximum Gasteiger partial charge on any atom is 0.211 e. The van der Waals surface area contributed by atoms with Crippen LogP contribution in [-0.2, 0) is 5.41 Å². The molecule has 25 heavy (non-hydrogen) atoms. The molecule has 1 heterocycles. The number of hydrogen-bond acceptors (Lipinski definition) is 8. The van der Waals surface area contributed by atoms with Crippen molar-refractivity contribution in [1.29, 1.82) is 0 Å². The molecule has 2 aliphatic rings. The van der Waals surface area contributed by atoms with E-state index in [1.54, 1.807) is 30.1 Å². The van der Waals surface area contributed by atoms with Crippen molar-refractivity contribution in [3.8, 4) is 11.5 Å². The molecule has 1 aromatic rings. The second-order valence-corrected chi connectivity index (χ2v) is 7.10. The van der Waals surface area contributed by atoms with Crippen molar-refractivity contribution in [2.75, 3.05) is 27.8 Å². The Bertz CT molecular complexity index is 662. The minimum atomic E-state index is -2.69. The summed E-state index contributed by atoms with van der Waals surface area (Å²) in [5.41, 5.74) is -0.327. The zero-order valence-corrected chi connectivity index (χ0v) is 14.5. The fraction of sp³-hybridized carbons (Fsp3) is 0.647. The number of hydrogen-bond donors (Lipinski definition) is 5. The summed E-state index contributed by atoms with van der Waals surface area (Å²) >= 11 is 0. The van der Waals surface area contributed by atoms with Gasteiger partial charge in [-0.3, -0.25) is 4.90 Å². The third kappa shape index (κ3) is 2.52. The molecule has 0 aromatic heterocycles. The zero-order valence-electron chi connectivity index (χ0n) is 14.5. The van der Waals surface area contributed by atoms with Crippen molar-refractivity contribution >= 4 is 0 Å². The molecule has 2 fully saturated rings. The predicted octanol–water partition coefficient (Wildman–Crippen LogP) is -1.23. The molecular weight excluding hydrogens is 330 g/mol. The highest BCUT2D eigenvalue weighted by atomic mass is 16.6. The maximum atomic E-state index is 10.6. The number of aliphatic hydroxyl groups excluding tert-OH is 1. The van der Waals surface area contributed by atoms with Crippen LogP contribution in [0.3, 0.4) is 0 Å². The lowest BCUT2D eigenvalue weighted by Crippen LogP contribution is -2.74. The number of likely N-dealkylation sites (N-methyl/N-ethyl adjacent to an activating group) is 1. The number of rotatable bonds is 3. The van der Waals surface area contributed by atoms with Crippen molar-refractivity contribution in [2.45, 2.75) is 42.0 Å². The van der Waals surface area contributed by atoms with Gasteiger partial charge < -0.3 is 35.0 Å². The van der Waals surface area contributed by atoms with Crippen LogP contribution >= 0.6 is 0 Å². The number of benzene rings is 1. The first-order valence-electron chi connectivity index (χ1n) is 8.10. The molecule has 5 N–H and O–H groups in total. The summed E-state index contributed by atoms with van der Waals surface area (Å²) in [5, 5.41) is 51.8. The smallest absolute Gasteiger partial charge is 0.211 e. The summed E-state index contributed by atoms with van der Waals surface area (Å²) in [4.78, 5) is 1.72. The number of fused-ring (bicyclic) bond motifs is 1. The quantitative estimate of drug-likeness (QED) is 0.427. The molecule has 0 bridgehead atoms. The van der Waals surface area contributed by atoms with E-state index in [4.69, 9.17) is 9.47 Å². The summed E-state index contributed by atoms with van der Waals surface area (Å²) in [5.74, 6) is -4.37. The van der Waals surface area contributed by atoms with Crippen LogP contribution in [0.25, 0.3) is 0 Å². The molecule has 1 aliphatic heterocycles. The molecule has 3 rings (SSSR count). The first-order chi connectivity index (χ1) is 11.6. The molecule has 3 atom stereocenters. The summed E-state index contributed by atoms with van der Waals surface area (Å²) in [6, 6.07) is 4.23. The molecule has 1 saturated carbocycles. The van der Waals surface area contributed by atoms with Gasteiger partial charge in [-0.15, -0.1) is 0 Å². The van der Waals surface area contributed by atoms with Crippen LogP contribution in [0.2, 0.25) is 0 Å². The molecule has 0 amide bonds. The van der Waals surface area contributed by atoms with Gasteiger partial charge >= 0.3 is 0 Å². The third-order valence-electron chi connectivity index (χ3n) is 5.65. The number of nitrogens with zero attached hydrogens (tertiary/aromatic N) is 1. The van der Waals surface area contributed by atoms with Crippen LogP contribution < -0.4 is 9.47 Å². The molecule has 1 aromatic carbocycles. The average molecular weight is 355 g/mol. The summed E-state index contributed by atoms with van der Waals surface area (Å²) < 4.78 is 10.6. The van der Waals surface area contributed by atoms with Crippen LogP contribution in [0, 0.1) is 0 Å². The van der Waals surface area contributed by atoms with Gasteiger partial charge in [-0.05, 0) is 37.7 Å². The zero-order chi connectivity index (χ0) is 18.6. The van der Waals surface area contributed by atoms with Gasteiger partial charge in [0, 0.05) is 11.8 Å². The average Bonchev–Trinajstić information content (AvgIpc) is 2.90. The Balaban J connectivity index is 2.18. The SMILES string of the molecule is COc1ccc([C@]23CCN(C)C2C(O)(O)C(O)C(O)(O)C3)cc1OC. The molecule has 0 spiro atoms. The van der Waals surface area contributed by atoms with Crippen LogP contribution in [0.1, 0.15) is 18.4 Å². The van der Waals surface area contributed by atoms with Crippen molar-refractivity contribution in [3.63, 3.8) is 0 Å². The topological polar surface area (TPSA) is 123 Å². The maximum absolute atomic E-state index is 10.6. The van der Waals surface area contributed by atoms with Gasteiger partial charge in [-0.25, -0.2) is 0 Å². The normalized spacial score (nSPS) is 33.8.